The highest BCUT2D eigenvalue weighted by Crippen LogP contribution is 2.19. The quantitative estimate of drug-likeness (QED) is 0.150. The van der Waals surface area contributed by atoms with E-state index in [1.54, 1.807) is 13.8 Å². The van der Waals surface area contributed by atoms with E-state index in [-0.39, 0.29) is 24.9 Å². The number of nitrogens with two attached hydrogens (primary N) is 2. The third kappa shape index (κ3) is 6.78. The maximum atomic E-state index is 14.8. The zero-order chi connectivity index (χ0) is 21.3. The number of halogens is 1. The Balaban J connectivity index is 2.90. The summed E-state index contributed by atoms with van der Waals surface area (Å²) in [7, 11) is 0. The molecule has 1 heterocycles. The second kappa shape index (κ2) is 11.2. The number of aliphatic hydroxyl groups is 1. The molecule has 1 unspecified atom stereocenters. The van der Waals surface area contributed by atoms with E-state index in [0.717, 1.165) is 10.8 Å². The van der Waals surface area contributed by atoms with Gasteiger partial charge in [-0.15, -0.1) is 0 Å². The molecule has 0 aromatic carbocycles. The summed E-state index contributed by atoms with van der Waals surface area (Å²) < 4.78 is 25.7. The lowest BCUT2D eigenvalue weighted by atomic mass is 10.1. The van der Waals surface area contributed by atoms with Gasteiger partial charge in [0.1, 0.15) is 24.6 Å². The van der Waals surface area contributed by atoms with Gasteiger partial charge in [0.25, 0.3) is 0 Å². The van der Waals surface area contributed by atoms with Crippen molar-refractivity contribution in [3.05, 3.63) is 33.2 Å². The molecule has 13 heteroatoms. The van der Waals surface area contributed by atoms with Gasteiger partial charge in [-0.25, -0.2) is 9.18 Å². The Bertz CT molecular complexity index is 753. The van der Waals surface area contributed by atoms with Crippen LogP contribution in [0.5, 0.6) is 0 Å². The van der Waals surface area contributed by atoms with Gasteiger partial charge in [0.2, 0.25) is 0 Å². The van der Waals surface area contributed by atoms with Crippen LogP contribution in [0.3, 0.4) is 0 Å². The van der Waals surface area contributed by atoms with Crippen molar-refractivity contribution in [2.24, 2.45) is 16.8 Å². The lowest BCUT2D eigenvalue weighted by Gasteiger charge is -2.26. The number of hydrogen-bond acceptors (Lipinski definition) is 9. The number of ether oxygens (including phenoxy) is 2. The molecule has 0 radical (unpaired) electrons. The largest absolute Gasteiger partial charge is 0.462 e. The van der Waals surface area contributed by atoms with E-state index in [9.17, 15) is 19.1 Å². The fourth-order valence-corrected chi connectivity index (χ4v) is 2.02. The maximum Gasteiger partial charge on any atom is 0.351 e. The van der Waals surface area contributed by atoms with Gasteiger partial charge in [0, 0.05) is 17.7 Å². The first kappa shape index (κ1) is 23.3. The van der Waals surface area contributed by atoms with Crippen molar-refractivity contribution >= 4 is 11.8 Å². The molecule has 1 aromatic rings. The lowest BCUT2D eigenvalue weighted by molar-refractivity contribution is -0.154. The van der Waals surface area contributed by atoms with Crippen molar-refractivity contribution in [2.45, 2.75) is 38.4 Å². The van der Waals surface area contributed by atoms with E-state index in [0.29, 0.717) is 0 Å². The molecular weight excluding hydrogens is 377 g/mol. The maximum absolute atomic E-state index is 14.8. The predicted molar refractivity (Wildman–Crippen MR) is 96.6 cm³/mol. The number of nitrogen functional groups attached to an aromatic ring is 1. The molecule has 0 saturated carbocycles. The molecule has 156 valence electrons. The van der Waals surface area contributed by atoms with Crippen molar-refractivity contribution in [3.8, 4) is 0 Å². The molecule has 12 nitrogen and oxygen atoms in total. The van der Waals surface area contributed by atoms with Crippen LogP contribution < -0.4 is 17.2 Å². The smallest absolute Gasteiger partial charge is 0.351 e. The summed E-state index contributed by atoms with van der Waals surface area (Å²) in [6.45, 7) is 2.33. The average Bonchev–Trinajstić information content (AvgIpc) is 2.65. The first-order valence-corrected chi connectivity index (χ1v) is 8.40. The number of nitrogens with zero attached hydrogens (tertiary/aromatic N) is 5. The number of rotatable bonds is 11. The number of aliphatic hydroxyl groups excluding tert-OH is 1. The molecule has 1 rings (SSSR count). The van der Waals surface area contributed by atoms with Crippen LogP contribution in [0.15, 0.2) is 22.2 Å². The first-order chi connectivity index (χ1) is 13.2. The highest BCUT2D eigenvalue weighted by molar-refractivity contribution is 5.75. The summed E-state index contributed by atoms with van der Waals surface area (Å²) in [5, 5.41) is 13.3. The summed E-state index contributed by atoms with van der Waals surface area (Å²) in [5.41, 5.74) is 18.4. The Morgan fingerprint density at radius 3 is 2.79 bits per heavy atom. The van der Waals surface area contributed by atoms with Gasteiger partial charge in [0.15, 0.2) is 12.4 Å². The van der Waals surface area contributed by atoms with E-state index < -0.39 is 42.8 Å². The number of aromatic nitrogens is 2. The number of carbonyl (C=O) groups is 1. The summed E-state index contributed by atoms with van der Waals surface area (Å²) in [6.07, 6.45) is -4.49. The first-order valence-electron chi connectivity index (χ1n) is 8.40. The molecule has 0 spiro atoms. The molecular formula is C15H24FN7O5. The third-order valence-electron chi connectivity index (χ3n) is 3.70. The Morgan fingerprint density at radius 1 is 1.54 bits per heavy atom. The van der Waals surface area contributed by atoms with Crippen molar-refractivity contribution in [3.63, 3.8) is 0 Å². The standard InChI is InChI=1S/C15H24FN7O5/c1-8(2)12(18)14(25)28-7-9(24)11(16)13(27-6-4-20-22-19)23-5-3-10(17)21-15(23)26/h3,5,8-9,11-13,24H,4,6-7,18H2,1-2H3,(H2,17,21,26)/t9-,11-,12?,13-/m1/s1. The molecule has 1 aromatic heterocycles. The van der Waals surface area contributed by atoms with Crippen molar-refractivity contribution in [1.29, 1.82) is 0 Å². The predicted octanol–water partition coefficient (Wildman–Crippen LogP) is -0.123. The van der Waals surface area contributed by atoms with E-state index in [2.05, 4.69) is 15.0 Å². The van der Waals surface area contributed by atoms with Crippen molar-refractivity contribution < 1.29 is 23.8 Å². The zero-order valence-electron chi connectivity index (χ0n) is 15.5. The summed E-state index contributed by atoms with van der Waals surface area (Å²) in [4.78, 5) is 29.7. The average molecular weight is 401 g/mol. The van der Waals surface area contributed by atoms with Crippen LogP contribution in [0.4, 0.5) is 10.2 Å². The van der Waals surface area contributed by atoms with Crippen molar-refractivity contribution in [2.75, 3.05) is 25.5 Å². The zero-order valence-corrected chi connectivity index (χ0v) is 15.5. The monoisotopic (exact) mass is 401 g/mol. The van der Waals surface area contributed by atoms with Crippen LogP contribution in [0.2, 0.25) is 0 Å². The number of carbonyl (C=O) groups excluding carboxylic acids is 1. The van der Waals surface area contributed by atoms with E-state index in [4.69, 9.17) is 26.5 Å². The third-order valence-corrected chi connectivity index (χ3v) is 3.70. The minimum atomic E-state index is -2.18. The minimum Gasteiger partial charge on any atom is -0.462 e. The second-order valence-electron chi connectivity index (χ2n) is 6.17. The molecule has 0 aliphatic heterocycles. The molecule has 28 heavy (non-hydrogen) atoms. The summed E-state index contributed by atoms with van der Waals surface area (Å²) >= 11 is 0. The van der Waals surface area contributed by atoms with E-state index in [1.807, 2.05) is 0 Å². The molecule has 0 amide bonds. The SMILES string of the molecule is CC(C)C(N)C(=O)OC[C@@H](O)[C@@H](F)[C@@H](OCCN=[N+]=[N-])n1ccc(N)nc1=O. The fraction of sp³-hybridized carbons (Fsp3) is 0.667. The Morgan fingerprint density at radius 2 is 2.21 bits per heavy atom. The lowest BCUT2D eigenvalue weighted by Crippen LogP contribution is -2.43. The van der Waals surface area contributed by atoms with Crippen molar-refractivity contribution in [1.82, 2.24) is 9.55 Å². The van der Waals surface area contributed by atoms with E-state index in [1.165, 1.54) is 6.07 Å². The Kier molecular flexibility index (Phi) is 9.32. The molecule has 5 N–H and O–H groups in total. The van der Waals surface area contributed by atoms with Crippen LogP contribution in [0, 0.1) is 5.92 Å². The van der Waals surface area contributed by atoms with Gasteiger partial charge in [0.05, 0.1) is 6.61 Å². The van der Waals surface area contributed by atoms with E-state index >= 15 is 0 Å². The second-order valence-corrected chi connectivity index (χ2v) is 6.17. The van der Waals surface area contributed by atoms with Gasteiger partial charge in [-0.2, -0.15) is 4.98 Å². The fourth-order valence-electron chi connectivity index (χ4n) is 2.02. The topological polar surface area (TPSA) is 191 Å². The van der Waals surface area contributed by atoms with Crippen LogP contribution in [-0.4, -0.2) is 58.7 Å². The van der Waals surface area contributed by atoms with Gasteiger partial charge in [-0.05, 0) is 17.5 Å². The Labute approximate surface area is 159 Å². The molecule has 0 aliphatic rings. The molecule has 0 fully saturated rings. The molecule has 0 saturated heterocycles. The van der Waals surface area contributed by atoms with Crippen LogP contribution in [-0.2, 0) is 14.3 Å². The molecule has 0 bridgehead atoms. The minimum absolute atomic E-state index is 0.0818. The number of alkyl halides is 1. The number of anilines is 1. The summed E-state index contributed by atoms with van der Waals surface area (Å²) in [6, 6.07) is 0.316. The summed E-state index contributed by atoms with van der Waals surface area (Å²) in [5.74, 6) is -1.09. The van der Waals surface area contributed by atoms with Gasteiger partial charge in [-0.1, -0.05) is 19.0 Å². The molecule has 4 atom stereocenters. The highest BCUT2D eigenvalue weighted by Gasteiger charge is 2.33. The van der Waals surface area contributed by atoms with Gasteiger partial charge in [-0.3, -0.25) is 9.36 Å². The van der Waals surface area contributed by atoms with Crippen LogP contribution >= 0.6 is 0 Å². The number of azide groups is 1. The van der Waals surface area contributed by atoms with Crippen LogP contribution in [0.25, 0.3) is 10.4 Å². The normalized spacial score (nSPS) is 15.4. The highest BCUT2D eigenvalue weighted by atomic mass is 19.1. The number of hydrogen-bond donors (Lipinski definition) is 3. The Hall–Kier alpha value is -2.73. The van der Waals surface area contributed by atoms with Crippen LogP contribution in [0.1, 0.15) is 20.1 Å². The number of esters is 1. The van der Waals surface area contributed by atoms with Gasteiger partial charge >= 0.3 is 11.7 Å². The molecule has 0 aliphatic carbocycles. The van der Waals surface area contributed by atoms with Gasteiger partial charge < -0.3 is 26.0 Å².